The van der Waals surface area contributed by atoms with Crippen molar-refractivity contribution < 1.29 is 13.3 Å². The first kappa shape index (κ1) is 15.6. The Labute approximate surface area is 138 Å². The molecule has 0 spiro atoms. The van der Waals surface area contributed by atoms with Crippen LogP contribution in [0.15, 0.2) is 53.4 Å². The maximum absolute atomic E-state index is 12.0. The molecule has 0 radical (unpaired) electrons. The zero-order valence-electron chi connectivity index (χ0n) is 12.6. The van der Waals surface area contributed by atoms with Gasteiger partial charge in [0, 0.05) is 23.4 Å². The smallest absolute Gasteiger partial charge is 0.272 e. The zero-order chi connectivity index (χ0) is 16.6. The van der Waals surface area contributed by atoms with Gasteiger partial charge in [0.15, 0.2) is 9.84 Å². The van der Waals surface area contributed by atoms with Gasteiger partial charge in [-0.25, -0.2) is 8.42 Å². The van der Waals surface area contributed by atoms with Gasteiger partial charge >= 0.3 is 0 Å². The molecule has 7 heteroatoms. The number of nitrogens with zero attached hydrogens (tertiary/aromatic N) is 2. The van der Waals surface area contributed by atoms with Crippen molar-refractivity contribution >= 4 is 21.4 Å². The van der Waals surface area contributed by atoms with Crippen molar-refractivity contribution in [2.45, 2.75) is 11.8 Å². The van der Waals surface area contributed by atoms with E-state index in [2.05, 4.69) is 4.49 Å². The molecule has 0 bridgehead atoms. The highest BCUT2D eigenvalue weighted by Crippen LogP contribution is 2.32. The minimum atomic E-state index is -3.24. The van der Waals surface area contributed by atoms with E-state index >= 15 is 0 Å². The number of benzene rings is 2. The van der Waals surface area contributed by atoms with E-state index in [4.69, 9.17) is 0 Å². The highest BCUT2D eigenvalue weighted by molar-refractivity contribution is 7.90. The molecular weight excluding hydrogens is 332 g/mol. The van der Waals surface area contributed by atoms with Crippen molar-refractivity contribution in [1.82, 2.24) is 4.49 Å². The third-order valence-corrected chi connectivity index (χ3v) is 5.45. The predicted molar refractivity (Wildman–Crippen MR) is 89.8 cm³/mol. The third-order valence-electron chi connectivity index (χ3n) is 3.48. The number of sulfone groups is 1. The van der Waals surface area contributed by atoms with E-state index in [0.717, 1.165) is 34.5 Å². The maximum atomic E-state index is 12.0. The summed E-state index contributed by atoms with van der Waals surface area (Å²) >= 11 is 1.09. The Morgan fingerprint density at radius 2 is 1.57 bits per heavy atom. The van der Waals surface area contributed by atoms with Crippen molar-refractivity contribution in [3.63, 3.8) is 0 Å². The summed E-state index contributed by atoms with van der Waals surface area (Å²) < 4.78 is 26.9. The third kappa shape index (κ3) is 3.11. The number of rotatable bonds is 3. The van der Waals surface area contributed by atoms with Gasteiger partial charge in [0.1, 0.15) is 4.88 Å². The van der Waals surface area contributed by atoms with E-state index in [9.17, 15) is 13.6 Å². The molecular formula is C16H14N2O3S2. The number of hydrogen-bond acceptors (Lipinski definition) is 5. The average molecular weight is 346 g/mol. The van der Waals surface area contributed by atoms with Gasteiger partial charge in [-0.05, 0) is 36.0 Å². The molecule has 0 atom stereocenters. The van der Waals surface area contributed by atoms with Gasteiger partial charge in [-0.2, -0.15) is 0 Å². The van der Waals surface area contributed by atoms with Gasteiger partial charge in [0.05, 0.1) is 14.9 Å². The fraction of sp³-hybridized carbons (Fsp3) is 0.125. The molecule has 3 rings (SSSR count). The zero-order valence-corrected chi connectivity index (χ0v) is 14.2. The van der Waals surface area contributed by atoms with Crippen LogP contribution in [0.4, 0.5) is 0 Å². The van der Waals surface area contributed by atoms with E-state index in [1.165, 1.54) is 0 Å². The Kier molecular flexibility index (Phi) is 3.91. The molecule has 0 amide bonds. The van der Waals surface area contributed by atoms with Crippen LogP contribution in [-0.4, -0.2) is 19.2 Å². The lowest BCUT2D eigenvalue weighted by atomic mass is 10.1. The van der Waals surface area contributed by atoms with E-state index in [-0.39, 0.29) is 4.90 Å². The van der Waals surface area contributed by atoms with Crippen LogP contribution in [0, 0.1) is 12.1 Å². The number of hydrogen-bond donors (Lipinski definition) is 0. The second-order valence-corrected chi connectivity index (χ2v) is 8.06. The summed E-state index contributed by atoms with van der Waals surface area (Å²) in [6.45, 7) is 1.98. The molecule has 118 valence electrons. The first-order valence-corrected chi connectivity index (χ1v) is 9.50. The van der Waals surface area contributed by atoms with Crippen LogP contribution < -0.4 is 4.85 Å². The Hall–Kier alpha value is -2.25. The lowest BCUT2D eigenvalue weighted by molar-refractivity contribution is -0.649. The summed E-state index contributed by atoms with van der Waals surface area (Å²) in [4.78, 5) is 1.57. The van der Waals surface area contributed by atoms with Gasteiger partial charge in [-0.15, -0.1) is 0 Å². The summed E-state index contributed by atoms with van der Waals surface area (Å²) in [5, 5.41) is 12.0. The van der Waals surface area contributed by atoms with Crippen LogP contribution in [-0.2, 0) is 9.84 Å². The molecule has 2 aromatic carbocycles. The van der Waals surface area contributed by atoms with Crippen molar-refractivity contribution in [2.24, 2.45) is 0 Å². The molecule has 0 aliphatic heterocycles. The van der Waals surface area contributed by atoms with Crippen LogP contribution in [0.1, 0.15) is 5.56 Å². The van der Waals surface area contributed by atoms with Crippen LogP contribution >= 0.6 is 11.5 Å². The van der Waals surface area contributed by atoms with Crippen molar-refractivity contribution in [1.29, 1.82) is 0 Å². The second kappa shape index (κ2) is 5.75. The molecule has 0 aliphatic carbocycles. The lowest BCUT2D eigenvalue weighted by Crippen LogP contribution is -2.29. The monoisotopic (exact) mass is 346 g/mol. The van der Waals surface area contributed by atoms with Gasteiger partial charge < -0.3 is 5.21 Å². The SMILES string of the molecule is Cc1ccc(-c2c(-c3ccc(S(C)(=O)=O)cc3)sn[n+]2[O-])cc1. The predicted octanol–water partition coefficient (Wildman–Crippen LogP) is 2.82. The summed E-state index contributed by atoms with van der Waals surface area (Å²) in [5.41, 5.74) is 3.12. The summed E-state index contributed by atoms with van der Waals surface area (Å²) in [6.07, 6.45) is 1.16. The molecule has 5 nitrogen and oxygen atoms in total. The molecule has 0 aliphatic rings. The Morgan fingerprint density at radius 3 is 2.13 bits per heavy atom. The van der Waals surface area contributed by atoms with Crippen LogP contribution in [0.3, 0.4) is 0 Å². The molecule has 0 unspecified atom stereocenters. The van der Waals surface area contributed by atoms with E-state index < -0.39 is 9.84 Å². The summed E-state index contributed by atoms with van der Waals surface area (Å²) in [5.74, 6) is 0. The minimum Gasteiger partial charge on any atom is -0.593 e. The molecule has 23 heavy (non-hydrogen) atoms. The first-order chi connectivity index (χ1) is 10.9. The van der Waals surface area contributed by atoms with E-state index in [1.807, 2.05) is 31.2 Å². The Morgan fingerprint density at radius 1 is 1.00 bits per heavy atom. The lowest BCUT2D eigenvalue weighted by Gasteiger charge is -2.03. The van der Waals surface area contributed by atoms with Crippen LogP contribution in [0.2, 0.25) is 0 Å². The van der Waals surface area contributed by atoms with Crippen molar-refractivity contribution in [3.8, 4) is 21.7 Å². The number of aryl methyl sites for hydroxylation is 1. The Balaban J connectivity index is 2.10. The van der Waals surface area contributed by atoms with Gasteiger partial charge in [-0.3, -0.25) is 0 Å². The standard InChI is InChI=1S/C16H14N2O3S2/c1-11-3-5-12(6-4-11)15-16(22-17-18(15)19)13-7-9-14(10-8-13)23(2,20)21/h3-10H,1-2H3. The average Bonchev–Trinajstić information content (AvgIpc) is 2.89. The quantitative estimate of drug-likeness (QED) is 0.540. The fourth-order valence-corrected chi connectivity index (χ4v) is 3.64. The molecule has 0 N–H and O–H groups in total. The van der Waals surface area contributed by atoms with E-state index in [1.54, 1.807) is 24.3 Å². The van der Waals surface area contributed by atoms with Crippen molar-refractivity contribution in [2.75, 3.05) is 6.26 Å². The molecule has 1 heterocycles. The first-order valence-electron chi connectivity index (χ1n) is 6.83. The maximum Gasteiger partial charge on any atom is 0.272 e. The van der Waals surface area contributed by atoms with E-state index in [0.29, 0.717) is 15.4 Å². The Bertz CT molecular complexity index is 944. The van der Waals surface area contributed by atoms with Gasteiger partial charge in [-0.1, -0.05) is 29.8 Å². The van der Waals surface area contributed by atoms with Crippen molar-refractivity contribution in [3.05, 3.63) is 59.3 Å². The van der Waals surface area contributed by atoms with Gasteiger partial charge in [0.25, 0.3) is 5.69 Å². The highest BCUT2D eigenvalue weighted by atomic mass is 32.2. The largest absolute Gasteiger partial charge is 0.593 e. The normalized spacial score (nSPS) is 11.6. The molecule has 3 aromatic rings. The molecule has 0 saturated heterocycles. The topological polar surface area (TPSA) is 74.0 Å². The number of aromatic nitrogens is 2. The van der Waals surface area contributed by atoms with Crippen LogP contribution in [0.25, 0.3) is 21.7 Å². The fourth-order valence-electron chi connectivity index (χ4n) is 2.24. The second-order valence-electron chi connectivity index (χ2n) is 5.29. The summed E-state index contributed by atoms with van der Waals surface area (Å²) in [6, 6.07) is 14.1. The molecule has 0 saturated carbocycles. The van der Waals surface area contributed by atoms with Gasteiger partial charge in [0.2, 0.25) is 0 Å². The molecule has 0 fully saturated rings. The molecule has 1 aromatic heterocycles. The summed E-state index contributed by atoms with van der Waals surface area (Å²) in [7, 11) is -3.24. The highest BCUT2D eigenvalue weighted by Gasteiger charge is 2.22. The van der Waals surface area contributed by atoms with Crippen LogP contribution in [0.5, 0.6) is 0 Å². The minimum absolute atomic E-state index is 0.248.